The third-order valence-corrected chi connectivity index (χ3v) is 4.69. The number of rotatable bonds is 9. The largest absolute Gasteiger partial charge is 0.481 e. The van der Waals surface area contributed by atoms with Gasteiger partial charge in [0.15, 0.2) is 6.10 Å². The predicted molar refractivity (Wildman–Crippen MR) is 133 cm³/mol. The Morgan fingerprint density at radius 3 is 2.09 bits per heavy atom. The Bertz CT molecular complexity index is 998. The molecule has 34 heavy (non-hydrogen) atoms. The van der Waals surface area contributed by atoms with Crippen molar-refractivity contribution in [3.05, 3.63) is 54.1 Å². The molecule has 0 fully saturated rings. The summed E-state index contributed by atoms with van der Waals surface area (Å²) in [6.45, 7) is 11.2. The Labute approximate surface area is 201 Å². The maximum Gasteiger partial charge on any atom is 0.407 e. The SMILES string of the molecule is CC(Oc1ccccc1C(C)C)C(=O)Nc1ccccc1NC(=O)CCNC(=O)OC(C)(C)C. The second-order valence-electron chi connectivity index (χ2n) is 9.21. The smallest absolute Gasteiger partial charge is 0.407 e. The lowest BCUT2D eigenvalue weighted by Crippen LogP contribution is -2.34. The molecule has 0 saturated heterocycles. The highest BCUT2D eigenvalue weighted by molar-refractivity contribution is 6.01. The van der Waals surface area contributed by atoms with Crippen molar-refractivity contribution in [3.63, 3.8) is 0 Å². The number of para-hydroxylation sites is 3. The van der Waals surface area contributed by atoms with E-state index >= 15 is 0 Å². The predicted octanol–water partition coefficient (Wildman–Crippen LogP) is 5.07. The summed E-state index contributed by atoms with van der Waals surface area (Å²) in [5.41, 5.74) is 1.32. The lowest BCUT2D eigenvalue weighted by Gasteiger charge is -2.20. The fraction of sp³-hybridized carbons (Fsp3) is 0.423. The molecule has 8 heteroatoms. The fourth-order valence-electron chi connectivity index (χ4n) is 3.05. The highest BCUT2D eigenvalue weighted by Crippen LogP contribution is 2.27. The number of hydrogen-bond donors (Lipinski definition) is 3. The molecule has 0 aromatic heterocycles. The monoisotopic (exact) mass is 469 g/mol. The molecule has 2 aromatic rings. The van der Waals surface area contributed by atoms with Gasteiger partial charge in [0.1, 0.15) is 11.4 Å². The first-order valence-corrected chi connectivity index (χ1v) is 11.4. The molecule has 0 saturated carbocycles. The summed E-state index contributed by atoms with van der Waals surface area (Å²) in [4.78, 5) is 36.8. The van der Waals surface area contributed by atoms with Crippen LogP contribution >= 0.6 is 0 Å². The number of nitrogens with one attached hydrogen (secondary N) is 3. The second kappa shape index (κ2) is 12.1. The van der Waals surface area contributed by atoms with Gasteiger partial charge in [-0.05, 0) is 57.4 Å². The van der Waals surface area contributed by atoms with Crippen LogP contribution in [0.15, 0.2) is 48.5 Å². The van der Waals surface area contributed by atoms with E-state index < -0.39 is 17.8 Å². The van der Waals surface area contributed by atoms with Gasteiger partial charge in [0, 0.05) is 13.0 Å². The van der Waals surface area contributed by atoms with E-state index in [1.165, 1.54) is 0 Å². The molecular weight excluding hydrogens is 434 g/mol. The van der Waals surface area contributed by atoms with E-state index in [4.69, 9.17) is 9.47 Å². The van der Waals surface area contributed by atoms with Gasteiger partial charge < -0.3 is 25.4 Å². The number of anilines is 2. The summed E-state index contributed by atoms with van der Waals surface area (Å²) >= 11 is 0. The van der Waals surface area contributed by atoms with Gasteiger partial charge in [0.2, 0.25) is 5.91 Å². The summed E-state index contributed by atoms with van der Waals surface area (Å²) < 4.78 is 11.1. The van der Waals surface area contributed by atoms with Crippen molar-refractivity contribution in [2.75, 3.05) is 17.2 Å². The molecular formula is C26H35N3O5. The maximum atomic E-state index is 12.8. The first-order valence-electron chi connectivity index (χ1n) is 11.4. The molecule has 0 heterocycles. The molecule has 1 unspecified atom stereocenters. The summed E-state index contributed by atoms with van der Waals surface area (Å²) in [5.74, 6) is 0.270. The number of hydrogen-bond acceptors (Lipinski definition) is 5. The topological polar surface area (TPSA) is 106 Å². The van der Waals surface area contributed by atoms with Gasteiger partial charge in [-0.1, -0.05) is 44.2 Å². The van der Waals surface area contributed by atoms with Gasteiger partial charge >= 0.3 is 6.09 Å². The first kappa shape index (κ1) is 26.7. The third kappa shape index (κ3) is 8.77. The molecule has 184 valence electrons. The minimum atomic E-state index is -0.748. The van der Waals surface area contributed by atoms with Crippen molar-refractivity contribution in [3.8, 4) is 5.75 Å². The van der Waals surface area contributed by atoms with Crippen LogP contribution in [0.1, 0.15) is 59.4 Å². The van der Waals surface area contributed by atoms with Crippen LogP contribution in [0.4, 0.5) is 16.2 Å². The molecule has 3 amide bonds. The number of ether oxygens (including phenoxy) is 2. The molecule has 0 aliphatic rings. The fourth-order valence-corrected chi connectivity index (χ4v) is 3.05. The number of alkyl carbamates (subject to hydrolysis) is 1. The average Bonchev–Trinajstić information content (AvgIpc) is 2.74. The molecule has 0 aliphatic heterocycles. The van der Waals surface area contributed by atoms with Crippen molar-refractivity contribution in [2.45, 2.75) is 65.6 Å². The number of carbonyl (C=O) groups excluding carboxylic acids is 3. The van der Waals surface area contributed by atoms with E-state index in [1.54, 1.807) is 52.0 Å². The van der Waals surface area contributed by atoms with Crippen LogP contribution in [0.5, 0.6) is 5.75 Å². The summed E-state index contributed by atoms with van der Waals surface area (Å²) in [6.07, 6.45) is -1.28. The molecule has 2 rings (SSSR count). The zero-order valence-corrected chi connectivity index (χ0v) is 20.7. The molecule has 1 atom stereocenters. The quantitative estimate of drug-likeness (QED) is 0.475. The first-order chi connectivity index (χ1) is 16.0. The standard InChI is InChI=1S/C26H35N3O5/c1-17(2)19-11-7-10-14-22(19)33-18(3)24(31)29-21-13-9-8-12-20(21)28-23(30)15-16-27-25(32)34-26(4,5)6/h7-14,17-18H,15-16H2,1-6H3,(H,27,32)(H,28,30)(H,29,31). The van der Waals surface area contributed by atoms with Crippen LogP contribution in [0.25, 0.3) is 0 Å². The molecule has 0 bridgehead atoms. The third-order valence-electron chi connectivity index (χ3n) is 4.69. The minimum Gasteiger partial charge on any atom is -0.481 e. The van der Waals surface area contributed by atoms with Crippen LogP contribution in [0, 0.1) is 0 Å². The van der Waals surface area contributed by atoms with E-state index in [0.29, 0.717) is 17.1 Å². The van der Waals surface area contributed by atoms with Crippen LogP contribution < -0.4 is 20.7 Å². The van der Waals surface area contributed by atoms with Gasteiger partial charge in [-0.3, -0.25) is 9.59 Å². The number of benzene rings is 2. The average molecular weight is 470 g/mol. The van der Waals surface area contributed by atoms with Crippen molar-refractivity contribution in [1.29, 1.82) is 0 Å². The van der Waals surface area contributed by atoms with E-state index in [0.717, 1.165) is 5.56 Å². The lowest BCUT2D eigenvalue weighted by atomic mass is 10.0. The van der Waals surface area contributed by atoms with Crippen molar-refractivity contribution in [1.82, 2.24) is 5.32 Å². The van der Waals surface area contributed by atoms with Gasteiger partial charge in [-0.25, -0.2) is 4.79 Å². The Morgan fingerprint density at radius 2 is 1.47 bits per heavy atom. The van der Waals surface area contributed by atoms with E-state index in [9.17, 15) is 14.4 Å². The van der Waals surface area contributed by atoms with Gasteiger partial charge in [0.05, 0.1) is 11.4 Å². The van der Waals surface area contributed by atoms with Crippen molar-refractivity contribution in [2.24, 2.45) is 0 Å². The molecule has 8 nitrogen and oxygen atoms in total. The highest BCUT2D eigenvalue weighted by Gasteiger charge is 2.19. The molecule has 0 radical (unpaired) electrons. The van der Waals surface area contributed by atoms with E-state index in [1.807, 2.05) is 24.3 Å². The molecule has 0 aliphatic carbocycles. The van der Waals surface area contributed by atoms with E-state index in [2.05, 4.69) is 29.8 Å². The van der Waals surface area contributed by atoms with E-state index in [-0.39, 0.29) is 30.7 Å². The molecule has 0 spiro atoms. The number of amides is 3. The van der Waals surface area contributed by atoms with Crippen LogP contribution in [0.3, 0.4) is 0 Å². The highest BCUT2D eigenvalue weighted by atomic mass is 16.6. The van der Waals surface area contributed by atoms with Crippen LogP contribution in [-0.4, -0.2) is 36.2 Å². The van der Waals surface area contributed by atoms with Gasteiger partial charge in [0.25, 0.3) is 5.91 Å². The summed E-state index contributed by atoms with van der Waals surface area (Å²) in [5, 5.41) is 8.13. The Hall–Kier alpha value is -3.55. The Kier molecular flexibility index (Phi) is 9.47. The van der Waals surface area contributed by atoms with Crippen molar-refractivity contribution < 1.29 is 23.9 Å². The Balaban J connectivity index is 1.94. The summed E-state index contributed by atoms with van der Waals surface area (Å²) in [7, 11) is 0. The van der Waals surface area contributed by atoms with Crippen molar-refractivity contribution >= 4 is 29.3 Å². The normalized spacial score (nSPS) is 12.0. The zero-order chi connectivity index (χ0) is 25.3. The summed E-state index contributed by atoms with van der Waals surface area (Å²) in [6, 6.07) is 14.5. The zero-order valence-electron chi connectivity index (χ0n) is 20.7. The molecule has 3 N–H and O–H groups in total. The lowest BCUT2D eigenvalue weighted by molar-refractivity contribution is -0.122. The maximum absolute atomic E-state index is 12.8. The molecule has 2 aromatic carbocycles. The second-order valence-corrected chi connectivity index (χ2v) is 9.21. The van der Waals surface area contributed by atoms with Crippen LogP contribution in [-0.2, 0) is 14.3 Å². The van der Waals surface area contributed by atoms with Crippen LogP contribution in [0.2, 0.25) is 0 Å². The van der Waals surface area contributed by atoms with Gasteiger partial charge in [-0.2, -0.15) is 0 Å². The van der Waals surface area contributed by atoms with Gasteiger partial charge in [-0.15, -0.1) is 0 Å². The number of carbonyl (C=O) groups is 3. The minimum absolute atomic E-state index is 0.0486. The Morgan fingerprint density at radius 1 is 0.882 bits per heavy atom.